The molecule has 3 amide bonds. The monoisotopic (exact) mass is 667 g/mol. The minimum absolute atomic E-state index is 0.0680. The summed E-state index contributed by atoms with van der Waals surface area (Å²) in [7, 11) is 4.83. The SMILES string of the molecule is COCCCOc1cc(CC(CC(NC(=O)OC(C)(C)C)C(O)CC(C)C(=O)NCCCC(=O)NCCOC)C(C)C)ccc1OC. The Hall–Kier alpha value is -3.09. The van der Waals surface area contributed by atoms with Gasteiger partial charge in [0.1, 0.15) is 5.60 Å². The number of carbonyl (C=O) groups excluding carboxylic acids is 3. The fraction of sp³-hybridized carbons (Fsp3) is 0.743. The lowest BCUT2D eigenvalue weighted by Crippen LogP contribution is -2.48. The van der Waals surface area contributed by atoms with E-state index in [4.69, 9.17) is 23.7 Å². The minimum Gasteiger partial charge on any atom is -0.493 e. The second-order valence-electron chi connectivity index (χ2n) is 13.3. The van der Waals surface area contributed by atoms with Crippen LogP contribution in [-0.4, -0.2) is 95.0 Å². The number of nitrogens with one attached hydrogen (secondary N) is 3. The van der Waals surface area contributed by atoms with Gasteiger partial charge in [-0.15, -0.1) is 0 Å². The maximum Gasteiger partial charge on any atom is 0.407 e. The molecule has 0 heterocycles. The zero-order chi connectivity index (χ0) is 35.4. The molecule has 4 unspecified atom stereocenters. The molecule has 47 heavy (non-hydrogen) atoms. The topological polar surface area (TPSA) is 154 Å². The van der Waals surface area contributed by atoms with Gasteiger partial charge in [-0.1, -0.05) is 26.8 Å². The van der Waals surface area contributed by atoms with Crippen molar-refractivity contribution in [2.45, 2.75) is 97.8 Å². The number of benzene rings is 1. The van der Waals surface area contributed by atoms with E-state index in [2.05, 4.69) is 29.8 Å². The number of carbonyl (C=O) groups is 3. The van der Waals surface area contributed by atoms with Crippen LogP contribution in [-0.2, 0) is 30.2 Å². The lowest BCUT2D eigenvalue weighted by molar-refractivity contribution is -0.126. The van der Waals surface area contributed by atoms with Crippen molar-refractivity contribution < 1.29 is 43.2 Å². The molecule has 4 N–H and O–H groups in total. The molecule has 0 aromatic heterocycles. The van der Waals surface area contributed by atoms with Crippen molar-refractivity contribution in [3.8, 4) is 11.5 Å². The molecule has 1 aromatic carbocycles. The quantitative estimate of drug-likeness (QED) is 0.125. The predicted octanol–water partition coefficient (Wildman–Crippen LogP) is 4.25. The lowest BCUT2D eigenvalue weighted by Gasteiger charge is -2.32. The summed E-state index contributed by atoms with van der Waals surface area (Å²) in [5.74, 6) is 0.723. The molecule has 0 radical (unpaired) electrons. The van der Waals surface area contributed by atoms with Crippen molar-refractivity contribution in [2.75, 3.05) is 54.2 Å². The Bertz CT molecular complexity index is 1060. The fourth-order valence-electron chi connectivity index (χ4n) is 4.99. The number of aliphatic hydroxyl groups excluding tert-OH is 1. The molecular weight excluding hydrogens is 606 g/mol. The molecule has 0 bridgehead atoms. The Labute approximate surface area is 282 Å². The average Bonchev–Trinajstić information content (AvgIpc) is 2.99. The molecule has 0 spiro atoms. The summed E-state index contributed by atoms with van der Waals surface area (Å²) in [6.07, 6.45) is 1.16. The molecule has 4 atom stereocenters. The Morgan fingerprint density at radius 1 is 0.872 bits per heavy atom. The van der Waals surface area contributed by atoms with Gasteiger partial charge >= 0.3 is 6.09 Å². The van der Waals surface area contributed by atoms with E-state index in [1.807, 2.05) is 18.2 Å². The molecule has 270 valence electrons. The van der Waals surface area contributed by atoms with E-state index >= 15 is 0 Å². The van der Waals surface area contributed by atoms with Crippen LogP contribution in [0.25, 0.3) is 0 Å². The smallest absolute Gasteiger partial charge is 0.407 e. The van der Waals surface area contributed by atoms with Crippen molar-refractivity contribution in [3.63, 3.8) is 0 Å². The molecule has 0 aliphatic heterocycles. The zero-order valence-corrected chi connectivity index (χ0v) is 30.1. The summed E-state index contributed by atoms with van der Waals surface area (Å²) in [5.41, 5.74) is 0.324. The number of rotatable bonds is 23. The Morgan fingerprint density at radius 2 is 1.57 bits per heavy atom. The standard InChI is InChI=1S/C35H61N3O9/c1-24(2)27(21-26-13-14-30(45-9)31(22-26)46-18-11-17-43-7)23-28(38-34(42)47-35(4,5)6)29(39)20-25(3)33(41)37-15-10-12-32(40)36-16-19-44-8/h13-14,22,24-25,27-29,39H,10-12,15-21,23H2,1-9H3,(H,36,40)(H,37,41)(H,38,42). The largest absolute Gasteiger partial charge is 0.493 e. The van der Waals surface area contributed by atoms with Gasteiger partial charge in [-0.3, -0.25) is 9.59 Å². The van der Waals surface area contributed by atoms with Gasteiger partial charge in [0.15, 0.2) is 11.5 Å². The van der Waals surface area contributed by atoms with E-state index in [0.29, 0.717) is 63.7 Å². The van der Waals surface area contributed by atoms with Crippen LogP contribution in [0.4, 0.5) is 4.79 Å². The van der Waals surface area contributed by atoms with Crippen LogP contribution in [0, 0.1) is 17.8 Å². The molecule has 0 saturated carbocycles. The second kappa shape index (κ2) is 22.5. The van der Waals surface area contributed by atoms with Crippen LogP contribution in [0.5, 0.6) is 11.5 Å². The molecule has 0 aliphatic rings. The Morgan fingerprint density at radius 3 is 2.19 bits per heavy atom. The number of hydrogen-bond donors (Lipinski definition) is 4. The molecule has 0 fully saturated rings. The fourth-order valence-corrected chi connectivity index (χ4v) is 4.99. The number of ether oxygens (including phenoxy) is 5. The van der Waals surface area contributed by atoms with Crippen molar-refractivity contribution in [3.05, 3.63) is 23.8 Å². The summed E-state index contributed by atoms with van der Waals surface area (Å²) in [6.45, 7) is 13.6. The van der Waals surface area contributed by atoms with Crippen LogP contribution in [0.2, 0.25) is 0 Å². The first-order chi connectivity index (χ1) is 22.2. The third-order valence-electron chi connectivity index (χ3n) is 7.69. The number of aliphatic hydroxyl groups is 1. The molecule has 12 nitrogen and oxygen atoms in total. The highest BCUT2D eigenvalue weighted by Crippen LogP contribution is 2.32. The summed E-state index contributed by atoms with van der Waals surface area (Å²) in [6, 6.07) is 5.20. The molecule has 0 aliphatic carbocycles. The minimum atomic E-state index is -1.01. The third kappa shape index (κ3) is 18.1. The van der Waals surface area contributed by atoms with Crippen molar-refractivity contribution in [1.82, 2.24) is 16.0 Å². The van der Waals surface area contributed by atoms with Gasteiger partial charge in [0, 0.05) is 52.7 Å². The van der Waals surface area contributed by atoms with E-state index in [-0.39, 0.29) is 36.5 Å². The maximum atomic E-state index is 12.9. The highest BCUT2D eigenvalue weighted by molar-refractivity contribution is 5.78. The van der Waals surface area contributed by atoms with Gasteiger partial charge in [-0.2, -0.15) is 0 Å². The summed E-state index contributed by atoms with van der Waals surface area (Å²) in [5, 5.41) is 19.9. The Kier molecular flexibility index (Phi) is 20.1. The van der Waals surface area contributed by atoms with Gasteiger partial charge in [0.05, 0.1) is 32.5 Å². The second-order valence-corrected chi connectivity index (χ2v) is 13.3. The zero-order valence-electron chi connectivity index (χ0n) is 30.1. The lowest BCUT2D eigenvalue weighted by atomic mass is 9.82. The summed E-state index contributed by atoms with van der Waals surface area (Å²) < 4.78 is 27.0. The summed E-state index contributed by atoms with van der Waals surface area (Å²) in [4.78, 5) is 37.6. The number of alkyl carbamates (subject to hydrolysis) is 1. The van der Waals surface area contributed by atoms with Crippen molar-refractivity contribution in [2.24, 2.45) is 17.8 Å². The molecular formula is C35H61N3O9. The van der Waals surface area contributed by atoms with Gasteiger partial charge < -0.3 is 44.7 Å². The van der Waals surface area contributed by atoms with E-state index < -0.39 is 29.8 Å². The van der Waals surface area contributed by atoms with Crippen molar-refractivity contribution >= 4 is 17.9 Å². The molecule has 0 saturated heterocycles. The first-order valence-electron chi connectivity index (χ1n) is 16.7. The van der Waals surface area contributed by atoms with Crippen LogP contribution in [0.1, 0.15) is 79.2 Å². The first-order valence-corrected chi connectivity index (χ1v) is 16.7. The first kappa shape index (κ1) is 41.9. The molecule has 1 aromatic rings. The highest BCUT2D eigenvalue weighted by atomic mass is 16.6. The summed E-state index contributed by atoms with van der Waals surface area (Å²) >= 11 is 0. The average molecular weight is 668 g/mol. The number of amides is 3. The van der Waals surface area contributed by atoms with Crippen LogP contribution >= 0.6 is 0 Å². The van der Waals surface area contributed by atoms with Crippen molar-refractivity contribution in [1.29, 1.82) is 0 Å². The Balaban J connectivity index is 2.97. The van der Waals surface area contributed by atoms with E-state index in [1.165, 1.54) is 0 Å². The van der Waals surface area contributed by atoms with E-state index in [0.717, 1.165) is 12.0 Å². The normalized spacial score (nSPS) is 14.1. The maximum absolute atomic E-state index is 12.9. The van der Waals surface area contributed by atoms with Gasteiger partial charge in [0.25, 0.3) is 0 Å². The number of methoxy groups -OCH3 is 3. The van der Waals surface area contributed by atoms with Crippen LogP contribution in [0.3, 0.4) is 0 Å². The number of hydrogen-bond acceptors (Lipinski definition) is 9. The van der Waals surface area contributed by atoms with Gasteiger partial charge in [0.2, 0.25) is 11.8 Å². The van der Waals surface area contributed by atoms with Crippen LogP contribution < -0.4 is 25.4 Å². The predicted molar refractivity (Wildman–Crippen MR) is 182 cm³/mol. The van der Waals surface area contributed by atoms with Gasteiger partial charge in [-0.25, -0.2) is 4.79 Å². The van der Waals surface area contributed by atoms with Gasteiger partial charge in [-0.05, 0) is 76.0 Å². The molecule has 1 rings (SSSR count). The van der Waals surface area contributed by atoms with E-state index in [9.17, 15) is 19.5 Å². The molecule has 12 heteroatoms. The third-order valence-corrected chi connectivity index (χ3v) is 7.69. The van der Waals surface area contributed by atoms with Crippen LogP contribution in [0.15, 0.2) is 18.2 Å². The highest BCUT2D eigenvalue weighted by Gasteiger charge is 2.31. The van der Waals surface area contributed by atoms with E-state index in [1.54, 1.807) is 49.0 Å².